The number of ether oxygens (including phenoxy) is 2. The van der Waals surface area contributed by atoms with E-state index in [4.69, 9.17) is 9.47 Å². The van der Waals surface area contributed by atoms with Crippen molar-refractivity contribution in [3.05, 3.63) is 89.6 Å². The van der Waals surface area contributed by atoms with Gasteiger partial charge in [0, 0.05) is 11.6 Å². The average molecular weight is 386 g/mol. The number of benzene rings is 3. The molecule has 0 bridgehead atoms. The summed E-state index contributed by atoms with van der Waals surface area (Å²) in [6.07, 6.45) is 1.60. The Labute approximate surface area is 169 Å². The van der Waals surface area contributed by atoms with Crippen LogP contribution in [0.3, 0.4) is 0 Å². The van der Waals surface area contributed by atoms with Gasteiger partial charge in [-0.3, -0.25) is 5.10 Å². The number of aryl methyl sites for hydroxylation is 2. The SMILES string of the molecule is Cc1cc(C)cc(Oc2cn[nH]c2-c2ccc(OCc3ccccc3)cc2O)c1. The molecule has 0 fully saturated rings. The van der Waals surface area contributed by atoms with Crippen LogP contribution in [-0.2, 0) is 6.61 Å². The molecule has 1 aromatic heterocycles. The van der Waals surface area contributed by atoms with E-state index in [0.29, 0.717) is 29.4 Å². The van der Waals surface area contributed by atoms with E-state index in [9.17, 15) is 5.11 Å². The third-order valence-corrected chi connectivity index (χ3v) is 4.51. The minimum Gasteiger partial charge on any atom is -0.507 e. The second-order valence-corrected chi connectivity index (χ2v) is 6.99. The number of hydrogen-bond donors (Lipinski definition) is 2. The summed E-state index contributed by atoms with van der Waals surface area (Å²) in [5, 5.41) is 17.6. The zero-order valence-electron chi connectivity index (χ0n) is 16.3. The van der Waals surface area contributed by atoms with Gasteiger partial charge in [0.15, 0.2) is 5.75 Å². The van der Waals surface area contributed by atoms with Gasteiger partial charge in [0.1, 0.15) is 29.5 Å². The third kappa shape index (κ3) is 4.41. The highest BCUT2D eigenvalue weighted by atomic mass is 16.5. The highest BCUT2D eigenvalue weighted by Crippen LogP contribution is 2.38. The van der Waals surface area contributed by atoms with Gasteiger partial charge in [0.2, 0.25) is 0 Å². The molecule has 3 aromatic carbocycles. The Morgan fingerprint density at radius 1 is 0.897 bits per heavy atom. The third-order valence-electron chi connectivity index (χ3n) is 4.51. The maximum Gasteiger partial charge on any atom is 0.173 e. The minimum atomic E-state index is 0.0880. The van der Waals surface area contributed by atoms with Gasteiger partial charge in [0.25, 0.3) is 0 Å². The number of rotatable bonds is 6. The highest BCUT2D eigenvalue weighted by Gasteiger charge is 2.15. The first-order valence-electron chi connectivity index (χ1n) is 9.38. The lowest BCUT2D eigenvalue weighted by Gasteiger charge is -2.11. The number of phenolic OH excluding ortho intramolecular Hbond substituents is 1. The van der Waals surface area contributed by atoms with Crippen LogP contribution in [0, 0.1) is 13.8 Å². The molecule has 0 saturated carbocycles. The number of aromatic hydroxyl groups is 1. The summed E-state index contributed by atoms with van der Waals surface area (Å²) in [6.45, 7) is 4.48. The van der Waals surface area contributed by atoms with Crippen LogP contribution in [0.1, 0.15) is 16.7 Å². The van der Waals surface area contributed by atoms with Crippen molar-refractivity contribution in [2.24, 2.45) is 0 Å². The van der Waals surface area contributed by atoms with Gasteiger partial charge < -0.3 is 14.6 Å². The summed E-state index contributed by atoms with van der Waals surface area (Å²) in [6, 6.07) is 21.1. The Morgan fingerprint density at radius 2 is 1.66 bits per heavy atom. The Bertz CT molecular complexity index is 1100. The number of aromatic nitrogens is 2. The minimum absolute atomic E-state index is 0.0880. The first kappa shape index (κ1) is 18.6. The smallest absolute Gasteiger partial charge is 0.173 e. The number of nitrogens with zero attached hydrogens (tertiary/aromatic N) is 1. The maximum absolute atomic E-state index is 10.6. The number of nitrogens with one attached hydrogen (secondary N) is 1. The number of aromatic amines is 1. The standard InChI is InChI=1S/C24H22N2O3/c1-16-10-17(2)12-20(11-16)29-23-14-25-26-24(23)21-9-8-19(13-22(21)27)28-15-18-6-4-3-5-7-18/h3-14,27H,15H2,1-2H3,(H,25,26). The number of phenols is 1. The van der Waals surface area contributed by atoms with E-state index in [1.54, 1.807) is 18.3 Å². The summed E-state index contributed by atoms with van der Waals surface area (Å²) in [5.74, 6) is 1.95. The van der Waals surface area contributed by atoms with E-state index in [-0.39, 0.29) is 5.75 Å². The fourth-order valence-electron chi connectivity index (χ4n) is 3.22. The van der Waals surface area contributed by atoms with Gasteiger partial charge in [-0.1, -0.05) is 36.4 Å². The van der Waals surface area contributed by atoms with Crippen molar-refractivity contribution >= 4 is 0 Å². The summed E-state index contributed by atoms with van der Waals surface area (Å²) in [5.41, 5.74) is 4.50. The van der Waals surface area contributed by atoms with Crippen molar-refractivity contribution in [2.75, 3.05) is 0 Å². The van der Waals surface area contributed by atoms with Crippen LogP contribution in [0.25, 0.3) is 11.3 Å². The first-order valence-corrected chi connectivity index (χ1v) is 9.38. The largest absolute Gasteiger partial charge is 0.507 e. The van der Waals surface area contributed by atoms with Gasteiger partial charge >= 0.3 is 0 Å². The fraction of sp³-hybridized carbons (Fsp3) is 0.125. The quantitative estimate of drug-likeness (QED) is 0.441. The molecule has 0 aliphatic carbocycles. The fourth-order valence-corrected chi connectivity index (χ4v) is 3.22. The van der Waals surface area contributed by atoms with E-state index >= 15 is 0 Å². The molecule has 146 valence electrons. The molecule has 2 N–H and O–H groups in total. The van der Waals surface area contributed by atoms with E-state index in [1.165, 1.54) is 0 Å². The van der Waals surface area contributed by atoms with Crippen LogP contribution in [0.5, 0.6) is 23.0 Å². The molecule has 4 aromatic rings. The Balaban J connectivity index is 1.54. The van der Waals surface area contributed by atoms with Crippen LogP contribution >= 0.6 is 0 Å². The van der Waals surface area contributed by atoms with Crippen molar-refractivity contribution in [3.63, 3.8) is 0 Å². The number of H-pyrrole nitrogens is 1. The molecular weight excluding hydrogens is 364 g/mol. The molecule has 0 amide bonds. The van der Waals surface area contributed by atoms with E-state index < -0.39 is 0 Å². The lowest BCUT2D eigenvalue weighted by molar-refractivity contribution is 0.304. The Kier molecular flexibility index (Phi) is 5.20. The van der Waals surface area contributed by atoms with Gasteiger partial charge in [-0.25, -0.2) is 0 Å². The lowest BCUT2D eigenvalue weighted by Crippen LogP contribution is -1.95. The van der Waals surface area contributed by atoms with Crippen molar-refractivity contribution in [1.29, 1.82) is 0 Å². The zero-order chi connectivity index (χ0) is 20.2. The zero-order valence-corrected chi connectivity index (χ0v) is 16.3. The molecule has 0 atom stereocenters. The van der Waals surface area contributed by atoms with Gasteiger partial charge in [0.05, 0.1) is 6.20 Å². The predicted octanol–water partition coefficient (Wildman–Crippen LogP) is 5.77. The normalized spacial score (nSPS) is 10.7. The molecule has 0 aliphatic rings. The molecule has 5 heteroatoms. The summed E-state index contributed by atoms with van der Waals surface area (Å²) < 4.78 is 11.8. The monoisotopic (exact) mass is 386 g/mol. The van der Waals surface area contributed by atoms with Crippen molar-refractivity contribution in [2.45, 2.75) is 20.5 Å². The summed E-state index contributed by atoms with van der Waals surface area (Å²) >= 11 is 0. The first-order chi connectivity index (χ1) is 14.1. The van der Waals surface area contributed by atoms with Gasteiger partial charge in [-0.2, -0.15) is 5.10 Å². The molecule has 5 nitrogen and oxygen atoms in total. The van der Waals surface area contributed by atoms with Crippen molar-refractivity contribution in [1.82, 2.24) is 10.2 Å². The number of hydrogen-bond acceptors (Lipinski definition) is 4. The average Bonchev–Trinajstić information content (AvgIpc) is 3.14. The van der Waals surface area contributed by atoms with E-state index in [2.05, 4.69) is 16.3 Å². The summed E-state index contributed by atoms with van der Waals surface area (Å²) in [7, 11) is 0. The second kappa shape index (κ2) is 8.10. The molecule has 0 spiro atoms. The van der Waals surface area contributed by atoms with Crippen molar-refractivity contribution in [3.8, 4) is 34.3 Å². The Morgan fingerprint density at radius 3 is 2.38 bits per heavy atom. The van der Waals surface area contributed by atoms with Gasteiger partial charge in [-0.15, -0.1) is 0 Å². The predicted molar refractivity (Wildman–Crippen MR) is 112 cm³/mol. The topological polar surface area (TPSA) is 67.4 Å². The highest BCUT2D eigenvalue weighted by molar-refractivity contribution is 5.73. The molecule has 29 heavy (non-hydrogen) atoms. The van der Waals surface area contributed by atoms with E-state index in [1.807, 2.05) is 62.4 Å². The molecule has 1 heterocycles. The second-order valence-electron chi connectivity index (χ2n) is 6.99. The maximum atomic E-state index is 10.6. The van der Waals surface area contributed by atoms with Crippen LogP contribution in [0.15, 0.2) is 72.9 Å². The summed E-state index contributed by atoms with van der Waals surface area (Å²) in [4.78, 5) is 0. The molecule has 0 unspecified atom stereocenters. The van der Waals surface area contributed by atoms with Gasteiger partial charge in [-0.05, 0) is 54.8 Å². The van der Waals surface area contributed by atoms with Crippen LogP contribution in [-0.4, -0.2) is 15.3 Å². The van der Waals surface area contributed by atoms with E-state index in [0.717, 1.165) is 22.4 Å². The van der Waals surface area contributed by atoms with Crippen LogP contribution in [0.2, 0.25) is 0 Å². The molecule has 0 saturated heterocycles. The molecule has 4 rings (SSSR count). The van der Waals surface area contributed by atoms with Crippen LogP contribution < -0.4 is 9.47 Å². The molecule has 0 radical (unpaired) electrons. The molecule has 0 aliphatic heterocycles. The van der Waals surface area contributed by atoms with Crippen molar-refractivity contribution < 1.29 is 14.6 Å². The Hall–Kier alpha value is -3.73. The lowest BCUT2D eigenvalue weighted by atomic mass is 10.1. The van der Waals surface area contributed by atoms with Crippen LogP contribution in [0.4, 0.5) is 0 Å². The molecular formula is C24H22N2O3.